The normalized spacial score (nSPS) is 11.9. The summed E-state index contributed by atoms with van der Waals surface area (Å²) in [5.74, 6) is -1.01. The van der Waals surface area contributed by atoms with E-state index in [1.54, 1.807) is 24.3 Å². The van der Waals surface area contributed by atoms with E-state index in [0.717, 1.165) is 24.7 Å². The molecule has 2 aromatic rings. The molecule has 0 atom stereocenters. The van der Waals surface area contributed by atoms with Crippen molar-refractivity contribution in [3.8, 4) is 0 Å². The highest BCUT2D eigenvalue weighted by atomic mass is 32.2. The standard InChI is InChI=1S/C17H21F3N4O2S/c1-23(2)8-5-9-24-15(26)12-6-3-4-7-13(12)22-16(24)27-10-14(25)21-11-17(18,19)20/h3-4,6-7H,5,8-11H2,1-2H3,(H,21,25)/p+1. The molecule has 27 heavy (non-hydrogen) atoms. The van der Waals surface area contributed by atoms with E-state index in [9.17, 15) is 22.8 Å². The molecule has 1 heterocycles. The molecule has 0 aliphatic rings. The van der Waals surface area contributed by atoms with Crippen molar-refractivity contribution in [3.05, 3.63) is 34.6 Å². The van der Waals surface area contributed by atoms with E-state index in [0.29, 0.717) is 22.6 Å². The van der Waals surface area contributed by atoms with Gasteiger partial charge in [-0.1, -0.05) is 23.9 Å². The van der Waals surface area contributed by atoms with E-state index in [1.165, 1.54) is 9.47 Å². The Bertz CT molecular complexity index is 852. The van der Waals surface area contributed by atoms with Gasteiger partial charge >= 0.3 is 6.18 Å². The Morgan fingerprint density at radius 3 is 2.67 bits per heavy atom. The number of halogens is 3. The van der Waals surface area contributed by atoms with Gasteiger partial charge in [-0.3, -0.25) is 14.2 Å². The summed E-state index contributed by atoms with van der Waals surface area (Å²) in [6, 6.07) is 6.87. The van der Waals surface area contributed by atoms with Crippen molar-refractivity contribution in [2.45, 2.75) is 24.3 Å². The zero-order valence-electron chi connectivity index (χ0n) is 15.1. The maximum absolute atomic E-state index is 12.8. The van der Waals surface area contributed by atoms with Crippen LogP contribution in [0, 0.1) is 0 Å². The third-order valence-corrected chi connectivity index (χ3v) is 4.68. The van der Waals surface area contributed by atoms with Crippen molar-refractivity contribution in [2.24, 2.45) is 0 Å². The number of benzene rings is 1. The lowest BCUT2D eigenvalue weighted by atomic mass is 10.2. The minimum atomic E-state index is -4.46. The molecule has 2 rings (SSSR count). The third-order valence-electron chi connectivity index (χ3n) is 3.70. The molecular formula is C17H22F3N4O2S+. The van der Waals surface area contributed by atoms with Crippen LogP contribution in [0.3, 0.4) is 0 Å². The van der Waals surface area contributed by atoms with Gasteiger partial charge < -0.3 is 10.2 Å². The van der Waals surface area contributed by atoms with Crippen LogP contribution in [0.15, 0.2) is 34.2 Å². The van der Waals surface area contributed by atoms with Gasteiger partial charge in [0.15, 0.2) is 5.16 Å². The molecular weight excluding hydrogens is 381 g/mol. The zero-order valence-corrected chi connectivity index (χ0v) is 15.9. The average molecular weight is 403 g/mol. The quantitative estimate of drug-likeness (QED) is 0.503. The first-order valence-corrected chi connectivity index (χ1v) is 9.41. The summed E-state index contributed by atoms with van der Waals surface area (Å²) < 4.78 is 38.1. The van der Waals surface area contributed by atoms with Crippen LogP contribution in [0.2, 0.25) is 0 Å². The summed E-state index contributed by atoms with van der Waals surface area (Å²) >= 11 is 0.959. The van der Waals surface area contributed by atoms with Gasteiger partial charge in [0.25, 0.3) is 5.56 Å². The fraction of sp³-hybridized carbons (Fsp3) is 0.471. The number of hydrogen-bond donors (Lipinski definition) is 2. The van der Waals surface area contributed by atoms with Gasteiger partial charge in [0.2, 0.25) is 5.91 Å². The molecule has 0 fully saturated rings. The van der Waals surface area contributed by atoms with Crippen LogP contribution < -0.4 is 15.8 Å². The van der Waals surface area contributed by atoms with Gasteiger partial charge in [0.05, 0.1) is 37.3 Å². The molecule has 1 aromatic carbocycles. The Morgan fingerprint density at radius 2 is 2.00 bits per heavy atom. The second kappa shape index (κ2) is 9.23. The first kappa shape index (κ1) is 21.2. The predicted octanol–water partition coefficient (Wildman–Crippen LogP) is 0.702. The fourth-order valence-corrected chi connectivity index (χ4v) is 3.28. The van der Waals surface area contributed by atoms with Crippen molar-refractivity contribution in [2.75, 3.05) is 32.9 Å². The van der Waals surface area contributed by atoms with Gasteiger partial charge in [-0.2, -0.15) is 13.2 Å². The van der Waals surface area contributed by atoms with E-state index in [1.807, 2.05) is 19.4 Å². The van der Waals surface area contributed by atoms with E-state index in [-0.39, 0.29) is 11.3 Å². The van der Waals surface area contributed by atoms with Crippen molar-refractivity contribution >= 4 is 28.6 Å². The number of amides is 1. The Hall–Kier alpha value is -2.07. The molecule has 6 nitrogen and oxygen atoms in total. The van der Waals surface area contributed by atoms with Gasteiger partial charge in [0.1, 0.15) is 6.54 Å². The predicted molar refractivity (Wildman–Crippen MR) is 98.1 cm³/mol. The zero-order chi connectivity index (χ0) is 20.0. The molecule has 10 heteroatoms. The summed E-state index contributed by atoms with van der Waals surface area (Å²) in [5.41, 5.74) is 0.280. The number of hydrogen-bond acceptors (Lipinski definition) is 4. The lowest BCUT2D eigenvalue weighted by Gasteiger charge is -2.14. The molecule has 0 aliphatic carbocycles. The van der Waals surface area contributed by atoms with Crippen LogP contribution in [0.1, 0.15) is 6.42 Å². The van der Waals surface area contributed by atoms with E-state index in [2.05, 4.69) is 4.98 Å². The Balaban J connectivity index is 2.19. The van der Waals surface area contributed by atoms with Crippen LogP contribution in [0.5, 0.6) is 0 Å². The minimum absolute atomic E-state index is 0.215. The summed E-state index contributed by atoms with van der Waals surface area (Å²) in [4.78, 5) is 30.1. The fourth-order valence-electron chi connectivity index (χ4n) is 2.43. The first-order valence-electron chi connectivity index (χ1n) is 8.42. The van der Waals surface area contributed by atoms with Crippen molar-refractivity contribution in [3.63, 3.8) is 0 Å². The van der Waals surface area contributed by atoms with Crippen molar-refractivity contribution < 1.29 is 22.9 Å². The van der Waals surface area contributed by atoms with Crippen molar-refractivity contribution in [1.29, 1.82) is 0 Å². The lowest BCUT2D eigenvalue weighted by Crippen LogP contribution is -3.05. The molecule has 0 bridgehead atoms. The number of fused-ring (bicyclic) bond motifs is 1. The maximum atomic E-state index is 12.8. The minimum Gasteiger partial charge on any atom is -0.346 e. The number of alkyl halides is 3. The average Bonchev–Trinajstić information content (AvgIpc) is 2.59. The molecule has 148 valence electrons. The number of rotatable bonds is 8. The van der Waals surface area contributed by atoms with Gasteiger partial charge in [-0.25, -0.2) is 4.98 Å². The van der Waals surface area contributed by atoms with Gasteiger partial charge in [0, 0.05) is 13.0 Å². The van der Waals surface area contributed by atoms with Crippen LogP contribution in [-0.4, -0.2) is 54.6 Å². The molecule has 0 radical (unpaired) electrons. The SMILES string of the molecule is C[NH+](C)CCCn1c(SCC(=O)NCC(F)(F)F)nc2ccccc2c1=O. The summed E-state index contributed by atoms with van der Waals surface area (Å²) in [6.45, 7) is -0.111. The number of para-hydroxylation sites is 1. The first-order chi connectivity index (χ1) is 12.7. The molecule has 0 unspecified atom stereocenters. The summed E-state index contributed by atoms with van der Waals surface area (Å²) in [5, 5.41) is 2.62. The number of nitrogens with zero attached hydrogens (tertiary/aromatic N) is 2. The summed E-state index contributed by atoms with van der Waals surface area (Å²) in [6.07, 6.45) is -3.73. The number of nitrogens with one attached hydrogen (secondary N) is 2. The second-order valence-electron chi connectivity index (χ2n) is 6.36. The molecule has 0 aliphatic heterocycles. The number of thioether (sulfide) groups is 1. The number of carbonyl (C=O) groups excluding carboxylic acids is 1. The monoisotopic (exact) mass is 403 g/mol. The highest BCUT2D eigenvalue weighted by molar-refractivity contribution is 7.99. The molecule has 1 amide bonds. The molecule has 0 saturated carbocycles. The largest absolute Gasteiger partial charge is 0.405 e. The Morgan fingerprint density at radius 1 is 1.30 bits per heavy atom. The van der Waals surface area contributed by atoms with Gasteiger partial charge in [-0.15, -0.1) is 0 Å². The highest BCUT2D eigenvalue weighted by Gasteiger charge is 2.27. The molecule has 2 N–H and O–H groups in total. The van der Waals surface area contributed by atoms with E-state index >= 15 is 0 Å². The molecule has 0 spiro atoms. The molecule has 1 aromatic heterocycles. The van der Waals surface area contributed by atoms with Crippen molar-refractivity contribution in [1.82, 2.24) is 14.9 Å². The summed E-state index contributed by atoms with van der Waals surface area (Å²) in [7, 11) is 4.00. The van der Waals surface area contributed by atoms with Crippen LogP contribution in [0.25, 0.3) is 10.9 Å². The number of carbonyl (C=O) groups is 1. The topological polar surface area (TPSA) is 68.4 Å². The Labute approximate surface area is 158 Å². The third kappa shape index (κ3) is 6.55. The van der Waals surface area contributed by atoms with Gasteiger partial charge in [-0.05, 0) is 12.1 Å². The van der Waals surface area contributed by atoms with E-state index in [4.69, 9.17) is 0 Å². The smallest absolute Gasteiger partial charge is 0.346 e. The number of quaternary nitrogens is 1. The van der Waals surface area contributed by atoms with Crippen LogP contribution in [0.4, 0.5) is 13.2 Å². The van der Waals surface area contributed by atoms with Crippen LogP contribution in [-0.2, 0) is 11.3 Å². The van der Waals surface area contributed by atoms with Crippen LogP contribution >= 0.6 is 11.8 Å². The van der Waals surface area contributed by atoms with E-state index < -0.39 is 18.6 Å². The second-order valence-corrected chi connectivity index (χ2v) is 7.30. The maximum Gasteiger partial charge on any atom is 0.405 e. The molecule has 0 saturated heterocycles. The Kier molecular flexibility index (Phi) is 7.25. The highest BCUT2D eigenvalue weighted by Crippen LogP contribution is 2.18. The lowest BCUT2D eigenvalue weighted by molar-refractivity contribution is -0.858. The number of aromatic nitrogens is 2.